The summed E-state index contributed by atoms with van der Waals surface area (Å²) in [5.41, 5.74) is 1.64. The summed E-state index contributed by atoms with van der Waals surface area (Å²) >= 11 is 0. The number of ether oxygens (including phenoxy) is 1. The maximum Gasteiger partial charge on any atom is 0.338 e. The first-order chi connectivity index (χ1) is 11.8. The fourth-order valence-electron chi connectivity index (χ4n) is 2.73. The Morgan fingerprint density at radius 2 is 1.96 bits per heavy atom. The molecule has 6 nitrogen and oxygen atoms in total. The molecule has 0 spiro atoms. The van der Waals surface area contributed by atoms with Gasteiger partial charge in [-0.3, -0.25) is 0 Å². The van der Waals surface area contributed by atoms with E-state index >= 15 is 0 Å². The third-order valence-corrected chi connectivity index (χ3v) is 4.02. The van der Waals surface area contributed by atoms with Gasteiger partial charge in [-0.05, 0) is 37.5 Å². The minimum absolute atomic E-state index is 0.289. The molecule has 1 aromatic heterocycles. The van der Waals surface area contributed by atoms with Gasteiger partial charge in [-0.25, -0.2) is 14.8 Å². The molecule has 6 heteroatoms. The van der Waals surface area contributed by atoms with Crippen molar-refractivity contribution in [1.29, 1.82) is 0 Å². The number of anilines is 2. The van der Waals surface area contributed by atoms with Crippen LogP contribution in [0.1, 0.15) is 35.7 Å². The fraction of sp³-hybridized carbons (Fsp3) is 0.389. The molecule has 0 bridgehead atoms. The standard InChI is InChI=1S/C18H22N4O2/c1-2-24-18(23)15-7-5-14(6-8-15)12-19-16-11-17(21-13-20-16)22-9-3-4-10-22/h5-8,11,13H,2-4,9-10,12H2,1H3,(H,19,20,21). The highest BCUT2D eigenvalue weighted by molar-refractivity contribution is 5.89. The molecule has 1 fully saturated rings. The van der Waals surface area contributed by atoms with Crippen LogP contribution < -0.4 is 10.2 Å². The zero-order chi connectivity index (χ0) is 16.8. The third-order valence-electron chi connectivity index (χ3n) is 4.02. The third kappa shape index (κ3) is 4.01. The molecule has 1 saturated heterocycles. The van der Waals surface area contributed by atoms with E-state index in [1.165, 1.54) is 12.8 Å². The van der Waals surface area contributed by atoms with Gasteiger partial charge >= 0.3 is 5.97 Å². The van der Waals surface area contributed by atoms with E-state index in [1.54, 1.807) is 25.4 Å². The van der Waals surface area contributed by atoms with Crippen molar-refractivity contribution in [2.24, 2.45) is 0 Å². The van der Waals surface area contributed by atoms with Gasteiger partial charge in [0.15, 0.2) is 0 Å². The lowest BCUT2D eigenvalue weighted by molar-refractivity contribution is 0.0526. The molecule has 126 valence electrons. The van der Waals surface area contributed by atoms with Gasteiger partial charge < -0.3 is 15.0 Å². The van der Waals surface area contributed by atoms with Crippen LogP contribution in [0.15, 0.2) is 36.7 Å². The summed E-state index contributed by atoms with van der Waals surface area (Å²) in [6.45, 7) is 4.95. The minimum Gasteiger partial charge on any atom is -0.462 e. The van der Waals surface area contributed by atoms with Crippen molar-refractivity contribution >= 4 is 17.6 Å². The average Bonchev–Trinajstić information content (AvgIpc) is 3.16. The molecule has 1 N–H and O–H groups in total. The molecule has 0 saturated carbocycles. The quantitative estimate of drug-likeness (QED) is 0.823. The second-order valence-electron chi connectivity index (χ2n) is 5.73. The Hall–Kier alpha value is -2.63. The lowest BCUT2D eigenvalue weighted by atomic mass is 10.1. The smallest absolute Gasteiger partial charge is 0.338 e. The molecule has 1 aliphatic heterocycles. The van der Waals surface area contributed by atoms with Crippen molar-refractivity contribution in [3.8, 4) is 0 Å². The second kappa shape index (κ2) is 7.77. The summed E-state index contributed by atoms with van der Waals surface area (Å²) in [4.78, 5) is 22.5. The van der Waals surface area contributed by atoms with Gasteiger partial charge in [0, 0.05) is 25.7 Å². The summed E-state index contributed by atoms with van der Waals surface area (Å²) < 4.78 is 4.98. The molecule has 3 rings (SSSR count). The number of nitrogens with one attached hydrogen (secondary N) is 1. The molecular weight excluding hydrogens is 304 g/mol. The number of carbonyl (C=O) groups excluding carboxylic acids is 1. The van der Waals surface area contributed by atoms with E-state index in [2.05, 4.69) is 20.2 Å². The van der Waals surface area contributed by atoms with E-state index in [0.717, 1.165) is 30.3 Å². The molecule has 1 aliphatic rings. The second-order valence-corrected chi connectivity index (χ2v) is 5.73. The lowest BCUT2D eigenvalue weighted by Crippen LogP contribution is -2.19. The first-order valence-electron chi connectivity index (χ1n) is 8.33. The summed E-state index contributed by atoms with van der Waals surface area (Å²) in [5, 5.41) is 3.30. The number of hydrogen-bond acceptors (Lipinski definition) is 6. The van der Waals surface area contributed by atoms with Gasteiger partial charge in [0.1, 0.15) is 18.0 Å². The monoisotopic (exact) mass is 326 g/mol. The lowest BCUT2D eigenvalue weighted by Gasteiger charge is -2.16. The molecule has 0 radical (unpaired) electrons. The number of carbonyl (C=O) groups is 1. The van der Waals surface area contributed by atoms with Crippen LogP contribution in [0.4, 0.5) is 11.6 Å². The first-order valence-corrected chi connectivity index (χ1v) is 8.33. The first kappa shape index (κ1) is 16.2. The van der Waals surface area contributed by atoms with Crippen LogP contribution in [0.5, 0.6) is 0 Å². The van der Waals surface area contributed by atoms with Gasteiger partial charge in [-0.1, -0.05) is 12.1 Å². The minimum atomic E-state index is -0.289. The average molecular weight is 326 g/mol. The Balaban J connectivity index is 1.59. The number of rotatable bonds is 6. The molecule has 0 unspecified atom stereocenters. The van der Waals surface area contributed by atoms with Crippen LogP contribution in [0.2, 0.25) is 0 Å². The summed E-state index contributed by atoms with van der Waals surface area (Å²) in [5.74, 6) is 1.49. The number of hydrogen-bond donors (Lipinski definition) is 1. The van der Waals surface area contributed by atoms with Gasteiger partial charge in [0.2, 0.25) is 0 Å². The molecule has 24 heavy (non-hydrogen) atoms. The van der Waals surface area contributed by atoms with Crippen LogP contribution in [0.3, 0.4) is 0 Å². The molecule has 0 amide bonds. The Kier molecular flexibility index (Phi) is 5.25. The maximum atomic E-state index is 11.6. The summed E-state index contributed by atoms with van der Waals surface area (Å²) in [6.07, 6.45) is 4.04. The summed E-state index contributed by atoms with van der Waals surface area (Å²) in [6, 6.07) is 9.39. The fourth-order valence-corrected chi connectivity index (χ4v) is 2.73. The summed E-state index contributed by atoms with van der Waals surface area (Å²) in [7, 11) is 0. The van der Waals surface area contributed by atoms with Crippen molar-refractivity contribution in [2.75, 3.05) is 29.9 Å². The topological polar surface area (TPSA) is 67.3 Å². The highest BCUT2D eigenvalue weighted by atomic mass is 16.5. The van der Waals surface area contributed by atoms with Crippen molar-refractivity contribution in [3.05, 3.63) is 47.8 Å². The Morgan fingerprint density at radius 3 is 2.67 bits per heavy atom. The van der Waals surface area contributed by atoms with Crippen LogP contribution in [0, 0.1) is 0 Å². The largest absolute Gasteiger partial charge is 0.462 e. The molecular formula is C18H22N4O2. The predicted molar refractivity (Wildman–Crippen MR) is 93.2 cm³/mol. The van der Waals surface area contributed by atoms with E-state index in [0.29, 0.717) is 18.7 Å². The van der Waals surface area contributed by atoms with Gasteiger partial charge in [0.25, 0.3) is 0 Å². The number of esters is 1. The van der Waals surface area contributed by atoms with E-state index in [-0.39, 0.29) is 5.97 Å². The van der Waals surface area contributed by atoms with E-state index < -0.39 is 0 Å². The predicted octanol–water partition coefficient (Wildman–Crippen LogP) is 2.87. The van der Waals surface area contributed by atoms with Crippen molar-refractivity contribution in [1.82, 2.24) is 9.97 Å². The number of benzene rings is 1. The highest BCUT2D eigenvalue weighted by Gasteiger charge is 2.14. The molecule has 1 aromatic carbocycles. The van der Waals surface area contributed by atoms with Crippen molar-refractivity contribution < 1.29 is 9.53 Å². The number of aromatic nitrogens is 2. The zero-order valence-electron chi connectivity index (χ0n) is 13.9. The van der Waals surface area contributed by atoms with Crippen LogP contribution in [-0.4, -0.2) is 35.6 Å². The van der Waals surface area contributed by atoms with Crippen molar-refractivity contribution in [3.63, 3.8) is 0 Å². The van der Waals surface area contributed by atoms with E-state index in [4.69, 9.17) is 4.74 Å². The van der Waals surface area contributed by atoms with E-state index in [9.17, 15) is 4.79 Å². The van der Waals surface area contributed by atoms with Gasteiger partial charge in [-0.2, -0.15) is 0 Å². The molecule has 2 aromatic rings. The highest BCUT2D eigenvalue weighted by Crippen LogP contribution is 2.19. The zero-order valence-corrected chi connectivity index (χ0v) is 13.9. The Labute approximate surface area is 141 Å². The van der Waals surface area contributed by atoms with Crippen LogP contribution >= 0.6 is 0 Å². The van der Waals surface area contributed by atoms with Crippen LogP contribution in [-0.2, 0) is 11.3 Å². The van der Waals surface area contributed by atoms with E-state index in [1.807, 2.05) is 18.2 Å². The van der Waals surface area contributed by atoms with Crippen molar-refractivity contribution in [2.45, 2.75) is 26.3 Å². The number of nitrogens with zero attached hydrogens (tertiary/aromatic N) is 3. The van der Waals surface area contributed by atoms with Gasteiger partial charge in [0.05, 0.1) is 12.2 Å². The molecule has 0 aliphatic carbocycles. The van der Waals surface area contributed by atoms with Crippen LogP contribution in [0.25, 0.3) is 0 Å². The SMILES string of the molecule is CCOC(=O)c1ccc(CNc2cc(N3CCCC3)ncn2)cc1. The molecule has 2 heterocycles. The Bertz CT molecular complexity index is 682. The molecule has 0 atom stereocenters. The Morgan fingerprint density at radius 1 is 1.21 bits per heavy atom. The maximum absolute atomic E-state index is 11.6. The normalized spacial score (nSPS) is 13.8. The van der Waals surface area contributed by atoms with Gasteiger partial charge in [-0.15, -0.1) is 0 Å².